The standard InChI is InChI=1S/C24H21ClFN7OS/c1-14-13-19(32-31-14)28-21-20(26)22(33-11-4-12-33)30-24(29-21)35-16-9-7-15(8-10-16)27-23(34)17-5-2-3-6-18(17)25/h2-3,5-10,13H,4,11-12H2,1H3,(H,27,34)(H2,28,29,30,31,32). The number of benzene rings is 2. The minimum Gasteiger partial charge on any atom is -0.354 e. The lowest BCUT2D eigenvalue weighted by Crippen LogP contribution is -2.38. The molecule has 5 rings (SSSR count). The van der Waals surface area contributed by atoms with Gasteiger partial charge < -0.3 is 15.5 Å². The van der Waals surface area contributed by atoms with Gasteiger partial charge in [-0.05, 0) is 61.5 Å². The van der Waals surface area contributed by atoms with Crippen molar-refractivity contribution in [3.8, 4) is 0 Å². The average Bonchev–Trinajstić information content (AvgIpc) is 3.21. The Morgan fingerprint density at radius 1 is 1.14 bits per heavy atom. The van der Waals surface area contributed by atoms with Gasteiger partial charge in [0, 0.05) is 35.4 Å². The number of anilines is 4. The number of halogens is 2. The third-order valence-electron chi connectivity index (χ3n) is 5.36. The van der Waals surface area contributed by atoms with Gasteiger partial charge in [0.25, 0.3) is 5.91 Å². The molecule has 8 nitrogen and oxygen atoms in total. The minimum absolute atomic E-state index is 0.0690. The molecule has 2 aromatic carbocycles. The van der Waals surface area contributed by atoms with E-state index in [1.54, 1.807) is 42.5 Å². The maximum atomic E-state index is 15.2. The van der Waals surface area contributed by atoms with Crippen LogP contribution in [0.5, 0.6) is 0 Å². The van der Waals surface area contributed by atoms with Crippen LogP contribution in [0.4, 0.5) is 27.5 Å². The molecule has 178 valence electrons. The van der Waals surface area contributed by atoms with Crippen molar-refractivity contribution in [3.05, 3.63) is 76.7 Å². The van der Waals surface area contributed by atoms with Crippen LogP contribution in [-0.4, -0.2) is 39.2 Å². The molecule has 35 heavy (non-hydrogen) atoms. The normalized spacial score (nSPS) is 12.8. The van der Waals surface area contributed by atoms with Crippen molar-refractivity contribution in [2.75, 3.05) is 28.6 Å². The van der Waals surface area contributed by atoms with E-state index in [0.717, 1.165) is 30.1 Å². The second-order valence-electron chi connectivity index (χ2n) is 7.95. The van der Waals surface area contributed by atoms with Crippen LogP contribution in [0, 0.1) is 12.7 Å². The van der Waals surface area contributed by atoms with Gasteiger partial charge in [-0.15, -0.1) is 0 Å². The molecule has 0 radical (unpaired) electrons. The molecule has 0 spiro atoms. The summed E-state index contributed by atoms with van der Waals surface area (Å²) >= 11 is 7.41. The van der Waals surface area contributed by atoms with Crippen LogP contribution >= 0.6 is 23.4 Å². The van der Waals surface area contributed by atoms with Gasteiger partial charge in [-0.2, -0.15) is 9.49 Å². The number of amides is 1. The third-order valence-corrected chi connectivity index (χ3v) is 6.56. The highest BCUT2D eigenvalue weighted by Crippen LogP contribution is 2.33. The van der Waals surface area contributed by atoms with E-state index in [0.29, 0.717) is 27.2 Å². The van der Waals surface area contributed by atoms with Crippen molar-refractivity contribution in [3.63, 3.8) is 0 Å². The Morgan fingerprint density at radius 3 is 2.57 bits per heavy atom. The fourth-order valence-electron chi connectivity index (χ4n) is 3.44. The first-order valence-corrected chi connectivity index (χ1v) is 12.1. The Labute approximate surface area is 210 Å². The van der Waals surface area contributed by atoms with E-state index >= 15 is 4.39 Å². The van der Waals surface area contributed by atoms with Crippen molar-refractivity contribution in [2.24, 2.45) is 0 Å². The van der Waals surface area contributed by atoms with Gasteiger partial charge in [0.05, 0.1) is 10.6 Å². The lowest BCUT2D eigenvalue weighted by Gasteiger charge is -2.32. The Morgan fingerprint density at radius 2 is 1.91 bits per heavy atom. The highest BCUT2D eigenvalue weighted by atomic mass is 35.5. The maximum absolute atomic E-state index is 15.2. The molecule has 1 fully saturated rings. The molecule has 1 amide bonds. The number of rotatable bonds is 7. The molecule has 1 saturated heterocycles. The molecule has 1 aliphatic rings. The molecule has 2 aromatic heterocycles. The quantitative estimate of drug-likeness (QED) is 0.276. The van der Waals surface area contributed by atoms with Gasteiger partial charge in [0.1, 0.15) is 0 Å². The molecule has 4 aromatic rings. The zero-order valence-corrected chi connectivity index (χ0v) is 20.3. The maximum Gasteiger partial charge on any atom is 0.257 e. The van der Waals surface area contributed by atoms with Crippen LogP contribution in [0.1, 0.15) is 22.5 Å². The summed E-state index contributed by atoms with van der Waals surface area (Å²) in [6, 6.07) is 15.9. The predicted octanol–water partition coefficient (Wildman–Crippen LogP) is 5.66. The smallest absolute Gasteiger partial charge is 0.257 e. The summed E-state index contributed by atoms with van der Waals surface area (Å²) in [4.78, 5) is 24.1. The van der Waals surface area contributed by atoms with Crippen LogP contribution in [0.25, 0.3) is 0 Å². The Bertz CT molecular complexity index is 1370. The van der Waals surface area contributed by atoms with E-state index in [2.05, 4.69) is 30.8 Å². The molecular formula is C24H21ClFN7OS. The number of aryl methyl sites for hydroxylation is 1. The number of aromatic nitrogens is 4. The number of hydrogen-bond acceptors (Lipinski definition) is 7. The molecule has 0 saturated carbocycles. The molecule has 3 heterocycles. The molecule has 0 aliphatic carbocycles. The zero-order valence-electron chi connectivity index (χ0n) is 18.7. The van der Waals surface area contributed by atoms with Gasteiger partial charge in [-0.25, -0.2) is 9.97 Å². The van der Waals surface area contributed by atoms with Crippen molar-refractivity contribution in [1.82, 2.24) is 20.2 Å². The Kier molecular flexibility index (Phi) is 6.56. The molecule has 0 bridgehead atoms. The molecular weight excluding hydrogens is 489 g/mol. The van der Waals surface area contributed by atoms with Crippen LogP contribution in [0.15, 0.2) is 64.6 Å². The number of aromatic amines is 1. The van der Waals surface area contributed by atoms with E-state index < -0.39 is 5.82 Å². The fraction of sp³-hybridized carbons (Fsp3) is 0.167. The van der Waals surface area contributed by atoms with Gasteiger partial charge in [-0.3, -0.25) is 9.89 Å². The number of carbonyl (C=O) groups is 1. The number of H-pyrrole nitrogens is 1. The van der Waals surface area contributed by atoms with Crippen molar-refractivity contribution >= 4 is 52.4 Å². The molecule has 11 heteroatoms. The van der Waals surface area contributed by atoms with E-state index in [9.17, 15) is 4.79 Å². The van der Waals surface area contributed by atoms with E-state index in [-0.39, 0.29) is 17.5 Å². The summed E-state index contributed by atoms with van der Waals surface area (Å²) in [6.07, 6.45) is 0.995. The molecule has 0 atom stereocenters. The second-order valence-corrected chi connectivity index (χ2v) is 9.40. The summed E-state index contributed by atoms with van der Waals surface area (Å²) in [5, 5.41) is 13.5. The molecule has 0 unspecified atom stereocenters. The van der Waals surface area contributed by atoms with Crippen LogP contribution in [0.2, 0.25) is 5.02 Å². The lowest BCUT2D eigenvalue weighted by molar-refractivity contribution is 0.102. The van der Waals surface area contributed by atoms with Crippen LogP contribution < -0.4 is 15.5 Å². The van der Waals surface area contributed by atoms with Crippen molar-refractivity contribution < 1.29 is 9.18 Å². The molecule has 1 aliphatic heterocycles. The van der Waals surface area contributed by atoms with E-state index in [4.69, 9.17) is 11.6 Å². The van der Waals surface area contributed by atoms with Gasteiger partial charge >= 0.3 is 0 Å². The first-order valence-electron chi connectivity index (χ1n) is 10.9. The number of nitrogens with zero attached hydrogens (tertiary/aromatic N) is 4. The zero-order chi connectivity index (χ0) is 24.4. The monoisotopic (exact) mass is 509 g/mol. The third kappa shape index (κ3) is 5.23. The summed E-state index contributed by atoms with van der Waals surface area (Å²) in [7, 11) is 0. The first-order chi connectivity index (χ1) is 17.0. The minimum atomic E-state index is -0.507. The van der Waals surface area contributed by atoms with Crippen molar-refractivity contribution in [2.45, 2.75) is 23.4 Å². The number of nitrogens with one attached hydrogen (secondary N) is 3. The lowest BCUT2D eigenvalue weighted by atomic mass is 10.2. The highest BCUT2D eigenvalue weighted by molar-refractivity contribution is 7.99. The highest BCUT2D eigenvalue weighted by Gasteiger charge is 2.24. The van der Waals surface area contributed by atoms with Gasteiger partial charge in [-0.1, -0.05) is 23.7 Å². The predicted molar refractivity (Wildman–Crippen MR) is 135 cm³/mol. The second kappa shape index (κ2) is 9.93. The fourth-order valence-corrected chi connectivity index (χ4v) is 4.41. The van der Waals surface area contributed by atoms with Crippen LogP contribution in [0.3, 0.4) is 0 Å². The van der Waals surface area contributed by atoms with Gasteiger partial charge in [0.15, 0.2) is 22.6 Å². The number of hydrogen-bond donors (Lipinski definition) is 3. The summed E-state index contributed by atoms with van der Waals surface area (Å²) in [5.41, 5.74) is 1.87. The van der Waals surface area contributed by atoms with Crippen molar-refractivity contribution in [1.29, 1.82) is 0 Å². The summed E-state index contributed by atoms with van der Waals surface area (Å²) < 4.78 is 15.2. The van der Waals surface area contributed by atoms with Crippen LogP contribution in [-0.2, 0) is 0 Å². The Balaban J connectivity index is 1.34. The topological polar surface area (TPSA) is 98.8 Å². The number of carbonyl (C=O) groups excluding carboxylic acids is 1. The SMILES string of the molecule is Cc1cc(Nc2nc(Sc3ccc(NC(=O)c4ccccc4Cl)cc3)nc(N3CCC3)c2F)n[nH]1. The largest absolute Gasteiger partial charge is 0.354 e. The summed E-state index contributed by atoms with van der Waals surface area (Å²) in [6.45, 7) is 3.36. The molecule has 3 N–H and O–H groups in total. The average molecular weight is 510 g/mol. The first kappa shape index (κ1) is 23.1. The van der Waals surface area contributed by atoms with E-state index in [1.165, 1.54) is 11.8 Å². The van der Waals surface area contributed by atoms with E-state index in [1.807, 2.05) is 24.0 Å². The van der Waals surface area contributed by atoms with Gasteiger partial charge in [0.2, 0.25) is 5.82 Å². The Hall–Kier alpha value is -3.63. The summed E-state index contributed by atoms with van der Waals surface area (Å²) in [5.74, 6) is 0.0181.